The van der Waals surface area contributed by atoms with Gasteiger partial charge in [0.25, 0.3) is 0 Å². The summed E-state index contributed by atoms with van der Waals surface area (Å²) in [5, 5.41) is 0. The Hall–Kier alpha value is -1.94. The van der Waals surface area contributed by atoms with E-state index in [0.717, 1.165) is 28.5 Å². The van der Waals surface area contributed by atoms with E-state index in [9.17, 15) is 0 Å². The molecule has 1 heterocycles. The highest BCUT2D eigenvalue weighted by Gasteiger charge is 2.26. The van der Waals surface area contributed by atoms with Gasteiger partial charge in [-0.05, 0) is 37.5 Å². The third-order valence-corrected chi connectivity index (χ3v) is 5.57. The van der Waals surface area contributed by atoms with Crippen molar-refractivity contribution in [2.75, 3.05) is 11.6 Å². The van der Waals surface area contributed by atoms with Gasteiger partial charge >= 0.3 is 0 Å². The first-order chi connectivity index (χ1) is 11.8. The third kappa shape index (κ3) is 3.29. The van der Waals surface area contributed by atoms with Crippen molar-refractivity contribution >= 4 is 21.6 Å². The summed E-state index contributed by atoms with van der Waals surface area (Å²) in [6.45, 7) is 1.51. The Morgan fingerprint density at radius 3 is 2.71 bits per heavy atom. The van der Waals surface area contributed by atoms with E-state index in [1.165, 1.54) is 24.9 Å². The van der Waals surface area contributed by atoms with Crippen LogP contribution in [0.2, 0.25) is 0 Å². The van der Waals surface area contributed by atoms with E-state index >= 15 is 0 Å². The van der Waals surface area contributed by atoms with E-state index in [1.807, 2.05) is 24.3 Å². The molecule has 2 aromatic rings. The first kappa shape index (κ1) is 15.6. The van der Waals surface area contributed by atoms with Gasteiger partial charge in [0.2, 0.25) is 0 Å². The molecule has 0 atom stereocenters. The number of anilines is 1. The van der Waals surface area contributed by atoms with Gasteiger partial charge in [0, 0.05) is 40.2 Å². The summed E-state index contributed by atoms with van der Waals surface area (Å²) in [7, 11) is 0. The molecule has 1 saturated carbocycles. The molecule has 0 unspecified atom stereocenters. The van der Waals surface area contributed by atoms with Gasteiger partial charge in [-0.25, -0.2) is 0 Å². The lowest BCUT2D eigenvalue weighted by molar-refractivity contribution is 0.197. The minimum absolute atomic E-state index is 0.564. The Balaban J connectivity index is 1.41. The fourth-order valence-corrected chi connectivity index (χ4v) is 3.49. The second kappa shape index (κ2) is 6.89. The molecule has 0 spiro atoms. The van der Waals surface area contributed by atoms with Crippen LogP contribution in [0.3, 0.4) is 0 Å². The normalized spacial score (nSPS) is 17.2. The fourth-order valence-electron chi connectivity index (χ4n) is 3.09. The second-order valence-corrected chi connectivity index (χ2v) is 7.24. The van der Waals surface area contributed by atoms with Gasteiger partial charge in [-0.3, -0.25) is 0 Å². The first-order valence-electron chi connectivity index (χ1n) is 8.46. The van der Waals surface area contributed by atoms with Crippen LogP contribution in [0.25, 0.3) is 0 Å². The van der Waals surface area contributed by atoms with E-state index in [-0.39, 0.29) is 0 Å². The van der Waals surface area contributed by atoms with E-state index < -0.39 is 0 Å². The van der Waals surface area contributed by atoms with Crippen LogP contribution in [0.4, 0.5) is 5.69 Å². The molecule has 24 heavy (non-hydrogen) atoms. The maximum atomic E-state index is 5.99. The minimum atomic E-state index is 0.564. The monoisotopic (exact) mass is 384 g/mol. The van der Waals surface area contributed by atoms with Crippen LogP contribution in [-0.2, 0) is 6.61 Å². The van der Waals surface area contributed by atoms with E-state index in [1.54, 1.807) is 0 Å². The van der Waals surface area contributed by atoms with Crippen molar-refractivity contribution < 1.29 is 4.74 Å². The first-order valence-corrected chi connectivity index (χ1v) is 9.26. The smallest absolute Gasteiger partial charge is 0.121 e. The van der Waals surface area contributed by atoms with Crippen molar-refractivity contribution in [3.63, 3.8) is 0 Å². The Bertz CT molecular complexity index is 742. The molecule has 0 radical (unpaired) electrons. The number of rotatable bonds is 5. The molecule has 4 heteroatoms. The molecule has 4 rings (SSSR count). The molecule has 2 aromatic carbocycles. The fraction of sp³-hybridized carbons (Fsp3) is 0.300. The average molecular weight is 385 g/mol. The Kier molecular flexibility index (Phi) is 4.48. The summed E-state index contributed by atoms with van der Waals surface area (Å²) in [6.07, 6.45) is 8.41. The van der Waals surface area contributed by atoms with Crippen molar-refractivity contribution in [3.05, 3.63) is 71.0 Å². The Morgan fingerprint density at radius 2 is 1.92 bits per heavy atom. The highest BCUT2D eigenvalue weighted by molar-refractivity contribution is 9.10. The summed E-state index contributed by atoms with van der Waals surface area (Å²) in [6, 6.07) is 17.2. The predicted octanol–water partition coefficient (Wildman–Crippen LogP) is 5.13. The topological polar surface area (TPSA) is 15.7 Å². The van der Waals surface area contributed by atoms with Crippen molar-refractivity contribution in [2.24, 2.45) is 0 Å². The molecule has 0 bridgehead atoms. The van der Waals surface area contributed by atoms with E-state index in [0.29, 0.717) is 6.61 Å². The van der Waals surface area contributed by atoms with Crippen molar-refractivity contribution in [1.82, 2.24) is 4.90 Å². The van der Waals surface area contributed by atoms with Gasteiger partial charge in [-0.1, -0.05) is 40.2 Å². The van der Waals surface area contributed by atoms with Crippen LogP contribution in [0.1, 0.15) is 24.8 Å². The number of hydrogen-bond donors (Lipinski definition) is 0. The number of ether oxygens (including phenoxy) is 1. The number of halogens is 1. The van der Waals surface area contributed by atoms with Crippen LogP contribution in [0.5, 0.6) is 5.75 Å². The van der Waals surface area contributed by atoms with Gasteiger partial charge in [-0.2, -0.15) is 0 Å². The molecule has 1 fully saturated rings. The van der Waals surface area contributed by atoms with Gasteiger partial charge < -0.3 is 14.5 Å². The van der Waals surface area contributed by atoms with Crippen LogP contribution in [-0.4, -0.2) is 17.6 Å². The minimum Gasteiger partial charge on any atom is -0.489 e. The van der Waals surface area contributed by atoms with Gasteiger partial charge in [0.1, 0.15) is 12.4 Å². The van der Waals surface area contributed by atoms with E-state index in [4.69, 9.17) is 4.74 Å². The standard InChI is InChI=1S/C20H21BrN2O/c21-20-10-2-1-5-16(20)14-24-19-9-4-8-18(13-19)23-12-11-22(15-23)17-6-3-7-17/h1-2,4-5,8-13,17H,3,6-7,14-15H2. The van der Waals surface area contributed by atoms with Gasteiger partial charge in [-0.15, -0.1) is 0 Å². The molecule has 1 aliphatic heterocycles. The lowest BCUT2D eigenvalue weighted by Gasteiger charge is -2.35. The quantitative estimate of drug-likeness (QED) is 0.710. The maximum Gasteiger partial charge on any atom is 0.121 e. The van der Waals surface area contributed by atoms with Crippen molar-refractivity contribution in [3.8, 4) is 5.75 Å². The summed E-state index contributed by atoms with van der Waals surface area (Å²) < 4.78 is 7.07. The zero-order chi connectivity index (χ0) is 16.4. The molecule has 124 valence electrons. The summed E-state index contributed by atoms with van der Waals surface area (Å²) >= 11 is 3.57. The SMILES string of the molecule is Brc1ccccc1COc1cccc(N2C=CN(C3CCC3)C2)c1. The van der Waals surface area contributed by atoms with Crippen LogP contribution < -0.4 is 9.64 Å². The molecule has 1 aliphatic carbocycles. The number of benzene rings is 2. The average Bonchev–Trinajstić information content (AvgIpc) is 3.02. The molecule has 0 N–H and O–H groups in total. The molecule has 0 amide bonds. The summed E-state index contributed by atoms with van der Waals surface area (Å²) in [4.78, 5) is 4.72. The summed E-state index contributed by atoms with van der Waals surface area (Å²) in [5.41, 5.74) is 2.33. The van der Waals surface area contributed by atoms with Crippen LogP contribution in [0, 0.1) is 0 Å². The largest absolute Gasteiger partial charge is 0.489 e. The lowest BCUT2D eigenvalue weighted by atomic mass is 9.92. The number of nitrogens with zero attached hydrogens (tertiary/aromatic N) is 2. The highest BCUT2D eigenvalue weighted by Crippen LogP contribution is 2.30. The Morgan fingerprint density at radius 1 is 1.04 bits per heavy atom. The molecular weight excluding hydrogens is 364 g/mol. The van der Waals surface area contributed by atoms with Crippen molar-refractivity contribution in [1.29, 1.82) is 0 Å². The third-order valence-electron chi connectivity index (χ3n) is 4.80. The predicted molar refractivity (Wildman–Crippen MR) is 101 cm³/mol. The zero-order valence-electron chi connectivity index (χ0n) is 13.6. The van der Waals surface area contributed by atoms with Gasteiger partial charge in [0.05, 0.1) is 6.67 Å². The van der Waals surface area contributed by atoms with Crippen molar-refractivity contribution in [2.45, 2.75) is 31.9 Å². The molecule has 0 aromatic heterocycles. The van der Waals surface area contributed by atoms with E-state index in [2.05, 4.69) is 62.4 Å². The Labute approximate surface area is 151 Å². The van der Waals surface area contributed by atoms with Crippen LogP contribution >= 0.6 is 15.9 Å². The molecule has 2 aliphatic rings. The highest BCUT2D eigenvalue weighted by atomic mass is 79.9. The second-order valence-electron chi connectivity index (χ2n) is 6.39. The summed E-state index contributed by atoms with van der Waals surface area (Å²) in [5.74, 6) is 0.902. The number of hydrogen-bond acceptors (Lipinski definition) is 3. The molecular formula is C20H21BrN2O. The zero-order valence-corrected chi connectivity index (χ0v) is 15.2. The maximum absolute atomic E-state index is 5.99. The lowest BCUT2D eigenvalue weighted by Crippen LogP contribution is -2.38. The van der Waals surface area contributed by atoms with Gasteiger partial charge in [0.15, 0.2) is 0 Å². The van der Waals surface area contributed by atoms with Crippen LogP contribution in [0.15, 0.2) is 65.4 Å². The molecule has 3 nitrogen and oxygen atoms in total. The molecule has 0 saturated heterocycles.